The molecule has 1 aromatic rings. The summed E-state index contributed by atoms with van der Waals surface area (Å²) in [6.45, 7) is 2.94. The second-order valence-electron chi connectivity index (χ2n) is 4.70. The predicted molar refractivity (Wildman–Crippen MR) is 60.6 cm³/mol. The van der Waals surface area contributed by atoms with Gasteiger partial charge in [-0.25, -0.2) is 4.79 Å². The van der Waals surface area contributed by atoms with E-state index in [1.807, 2.05) is 0 Å². The largest absolute Gasteiger partial charge is 0.479 e. The van der Waals surface area contributed by atoms with E-state index in [1.165, 1.54) is 25.2 Å². The van der Waals surface area contributed by atoms with Crippen LogP contribution in [0.15, 0.2) is 17.5 Å². The third-order valence-electron chi connectivity index (χ3n) is 2.71. The summed E-state index contributed by atoms with van der Waals surface area (Å²) >= 11 is 1.22. The first-order valence-electron chi connectivity index (χ1n) is 5.07. The second-order valence-corrected chi connectivity index (χ2v) is 5.65. The van der Waals surface area contributed by atoms with Crippen LogP contribution in [-0.4, -0.2) is 28.0 Å². The lowest BCUT2D eigenvalue weighted by Crippen LogP contribution is -2.55. The Balaban J connectivity index is 3.10. The normalized spacial score (nSPS) is 16.3. The molecule has 0 amide bonds. The van der Waals surface area contributed by atoms with Gasteiger partial charge in [0.2, 0.25) is 0 Å². The minimum absolute atomic E-state index is 0.589. The van der Waals surface area contributed by atoms with Crippen molar-refractivity contribution in [1.29, 1.82) is 0 Å². The lowest BCUT2D eigenvalue weighted by molar-refractivity contribution is -0.265. The van der Waals surface area contributed by atoms with Gasteiger partial charge in [0.25, 0.3) is 5.60 Å². The van der Waals surface area contributed by atoms with E-state index < -0.39 is 29.6 Å². The van der Waals surface area contributed by atoms with Crippen LogP contribution < -0.4 is 0 Å². The minimum Gasteiger partial charge on any atom is -0.479 e. The van der Waals surface area contributed by atoms with Crippen molar-refractivity contribution in [3.8, 4) is 0 Å². The van der Waals surface area contributed by atoms with E-state index in [1.54, 1.807) is 17.5 Å². The van der Waals surface area contributed by atoms with Crippen molar-refractivity contribution in [2.75, 3.05) is 0 Å². The zero-order valence-corrected chi connectivity index (χ0v) is 10.6. The Labute approximate surface area is 106 Å². The molecular formula is C11H13F3O3S. The molecule has 102 valence electrons. The molecule has 0 aromatic carbocycles. The molecule has 1 heterocycles. The highest BCUT2D eigenvalue weighted by molar-refractivity contribution is 7.10. The van der Waals surface area contributed by atoms with Gasteiger partial charge in [-0.1, -0.05) is 19.9 Å². The Morgan fingerprint density at radius 1 is 1.39 bits per heavy atom. The zero-order valence-electron chi connectivity index (χ0n) is 9.78. The Hall–Kier alpha value is -1.08. The van der Waals surface area contributed by atoms with Gasteiger partial charge in [-0.3, -0.25) is 0 Å². The lowest BCUT2D eigenvalue weighted by atomic mass is 9.78. The number of hydrogen-bond acceptors (Lipinski definition) is 3. The van der Waals surface area contributed by atoms with Gasteiger partial charge in [-0.05, 0) is 11.4 Å². The van der Waals surface area contributed by atoms with Gasteiger partial charge in [0.05, 0.1) is 0 Å². The van der Waals surface area contributed by atoms with Crippen LogP contribution in [-0.2, 0) is 10.2 Å². The monoisotopic (exact) mass is 282 g/mol. The standard InChI is InChI=1S/C11H13F3O3S/c1-9(2,7-4-3-5-18-7)6-10(17,8(15)16)11(12,13)14/h3-5,17H,6H2,1-2H3,(H,15,16). The van der Waals surface area contributed by atoms with Gasteiger partial charge < -0.3 is 10.2 Å². The number of carboxylic acid groups (broad SMARTS) is 1. The fraction of sp³-hybridized carbons (Fsp3) is 0.545. The number of aliphatic carboxylic acids is 1. The minimum atomic E-state index is -5.21. The molecule has 0 radical (unpaired) electrons. The molecule has 0 saturated heterocycles. The third-order valence-corrected chi connectivity index (χ3v) is 3.94. The summed E-state index contributed by atoms with van der Waals surface area (Å²) in [5, 5.41) is 19.8. The Kier molecular flexibility index (Phi) is 3.78. The molecule has 0 saturated carbocycles. The molecule has 1 unspecified atom stereocenters. The van der Waals surface area contributed by atoms with E-state index in [0.717, 1.165) is 0 Å². The lowest BCUT2D eigenvalue weighted by Gasteiger charge is -2.34. The quantitative estimate of drug-likeness (QED) is 0.892. The van der Waals surface area contributed by atoms with Crippen LogP contribution in [0.5, 0.6) is 0 Å². The van der Waals surface area contributed by atoms with Crippen LogP contribution in [0, 0.1) is 0 Å². The van der Waals surface area contributed by atoms with Crippen molar-refractivity contribution < 1.29 is 28.2 Å². The second kappa shape index (κ2) is 4.55. The number of thiophene rings is 1. The summed E-state index contributed by atoms with van der Waals surface area (Å²) in [6, 6.07) is 3.28. The van der Waals surface area contributed by atoms with Gasteiger partial charge in [0.15, 0.2) is 0 Å². The molecule has 0 spiro atoms. The first-order valence-corrected chi connectivity index (χ1v) is 5.95. The molecule has 7 heteroatoms. The van der Waals surface area contributed by atoms with Crippen LogP contribution in [0.1, 0.15) is 25.1 Å². The van der Waals surface area contributed by atoms with Crippen molar-refractivity contribution in [1.82, 2.24) is 0 Å². The average molecular weight is 282 g/mol. The first kappa shape index (κ1) is 15.0. The van der Waals surface area contributed by atoms with Crippen molar-refractivity contribution in [3.63, 3.8) is 0 Å². The highest BCUT2D eigenvalue weighted by Gasteiger charge is 2.61. The van der Waals surface area contributed by atoms with Gasteiger partial charge in [-0.15, -0.1) is 11.3 Å². The highest BCUT2D eigenvalue weighted by atomic mass is 32.1. The van der Waals surface area contributed by atoms with E-state index >= 15 is 0 Å². The van der Waals surface area contributed by atoms with Crippen LogP contribution >= 0.6 is 11.3 Å². The van der Waals surface area contributed by atoms with Crippen molar-refractivity contribution in [2.45, 2.75) is 37.5 Å². The number of carbonyl (C=O) groups is 1. The van der Waals surface area contributed by atoms with Crippen LogP contribution in [0.2, 0.25) is 0 Å². The van der Waals surface area contributed by atoms with Gasteiger partial charge in [0.1, 0.15) is 0 Å². The molecule has 1 rings (SSSR count). The summed E-state index contributed by atoms with van der Waals surface area (Å²) in [5.41, 5.74) is -4.82. The number of rotatable bonds is 4. The summed E-state index contributed by atoms with van der Waals surface area (Å²) in [7, 11) is 0. The third kappa shape index (κ3) is 2.67. The molecular weight excluding hydrogens is 269 g/mol. The van der Waals surface area contributed by atoms with Crippen molar-refractivity contribution in [3.05, 3.63) is 22.4 Å². The Bertz CT molecular complexity index is 425. The van der Waals surface area contributed by atoms with E-state index in [9.17, 15) is 23.1 Å². The molecule has 0 aliphatic carbocycles. The number of alkyl halides is 3. The van der Waals surface area contributed by atoms with Gasteiger partial charge >= 0.3 is 12.1 Å². The molecule has 0 bridgehead atoms. The summed E-state index contributed by atoms with van der Waals surface area (Å²) < 4.78 is 38.1. The Morgan fingerprint density at radius 2 is 1.94 bits per heavy atom. The maximum Gasteiger partial charge on any atom is 0.428 e. The van der Waals surface area contributed by atoms with E-state index in [4.69, 9.17) is 5.11 Å². The molecule has 2 N–H and O–H groups in total. The smallest absolute Gasteiger partial charge is 0.428 e. The molecule has 0 fully saturated rings. The number of halogens is 3. The van der Waals surface area contributed by atoms with Crippen LogP contribution in [0.3, 0.4) is 0 Å². The predicted octanol–water partition coefficient (Wildman–Crippen LogP) is 2.79. The maximum atomic E-state index is 12.7. The molecule has 1 atom stereocenters. The fourth-order valence-electron chi connectivity index (χ4n) is 1.69. The fourth-order valence-corrected chi connectivity index (χ4v) is 2.54. The molecule has 18 heavy (non-hydrogen) atoms. The number of aliphatic hydroxyl groups is 1. The first-order chi connectivity index (χ1) is 8.01. The van der Waals surface area contributed by atoms with Crippen molar-refractivity contribution >= 4 is 17.3 Å². The van der Waals surface area contributed by atoms with Crippen LogP contribution in [0.25, 0.3) is 0 Å². The summed E-state index contributed by atoms with van der Waals surface area (Å²) in [5.74, 6) is -2.28. The molecule has 0 aliphatic rings. The molecule has 0 aliphatic heterocycles. The van der Waals surface area contributed by atoms with Gasteiger partial charge in [0, 0.05) is 16.7 Å². The average Bonchev–Trinajstić information content (AvgIpc) is 2.67. The molecule has 1 aromatic heterocycles. The van der Waals surface area contributed by atoms with E-state index in [-0.39, 0.29) is 0 Å². The van der Waals surface area contributed by atoms with Crippen LogP contribution in [0.4, 0.5) is 13.2 Å². The Morgan fingerprint density at radius 3 is 2.28 bits per heavy atom. The molecule has 3 nitrogen and oxygen atoms in total. The summed E-state index contributed by atoms with van der Waals surface area (Å²) in [6.07, 6.45) is -6.15. The zero-order chi connectivity index (χ0) is 14.2. The van der Waals surface area contributed by atoms with Crippen molar-refractivity contribution in [2.24, 2.45) is 0 Å². The number of hydrogen-bond donors (Lipinski definition) is 2. The number of carboxylic acids is 1. The highest BCUT2D eigenvalue weighted by Crippen LogP contribution is 2.42. The topological polar surface area (TPSA) is 57.5 Å². The summed E-state index contributed by atoms with van der Waals surface area (Å²) in [4.78, 5) is 11.3. The maximum absolute atomic E-state index is 12.7. The van der Waals surface area contributed by atoms with Gasteiger partial charge in [-0.2, -0.15) is 13.2 Å². The van der Waals surface area contributed by atoms with E-state index in [0.29, 0.717) is 4.88 Å². The van der Waals surface area contributed by atoms with E-state index in [2.05, 4.69) is 0 Å². The SMILES string of the molecule is CC(C)(CC(O)(C(=O)O)C(F)(F)F)c1cccs1.